The number of rotatable bonds is 5. The summed E-state index contributed by atoms with van der Waals surface area (Å²) in [5.41, 5.74) is -0.859. The molecule has 0 radical (unpaired) electrons. The highest BCUT2D eigenvalue weighted by Gasteiger charge is 2.31. The first-order valence-electron chi connectivity index (χ1n) is 7.68. The number of halogens is 4. The van der Waals surface area contributed by atoms with E-state index in [4.69, 9.17) is 0 Å². The molecule has 0 N–H and O–H groups in total. The molecule has 2 rings (SSSR count). The van der Waals surface area contributed by atoms with E-state index in [-0.39, 0.29) is 12.2 Å². The average molecular weight is 442 g/mol. The van der Waals surface area contributed by atoms with Crippen molar-refractivity contribution in [1.82, 2.24) is 4.98 Å². The summed E-state index contributed by atoms with van der Waals surface area (Å²) >= 11 is 3.21. The zero-order chi connectivity index (χ0) is 20.3. The summed E-state index contributed by atoms with van der Waals surface area (Å²) in [6, 6.07) is 6.05. The fourth-order valence-corrected chi connectivity index (χ4v) is 2.83. The van der Waals surface area contributed by atoms with Gasteiger partial charge in [-0.3, -0.25) is 19.4 Å². The van der Waals surface area contributed by atoms with E-state index in [9.17, 15) is 18.4 Å². The molecule has 0 aliphatic rings. The van der Waals surface area contributed by atoms with Gasteiger partial charge in [0.25, 0.3) is 5.95 Å². The summed E-state index contributed by atoms with van der Waals surface area (Å²) in [4.78, 5) is 28.6. The van der Waals surface area contributed by atoms with Gasteiger partial charge in [-0.15, -0.1) is 6.58 Å². The maximum Gasteiger partial charge on any atom is 0.253 e. The van der Waals surface area contributed by atoms with E-state index in [1.165, 1.54) is 18.2 Å². The summed E-state index contributed by atoms with van der Waals surface area (Å²) < 4.78 is 44.3. The Bertz CT molecular complexity index is 921. The van der Waals surface area contributed by atoms with Crippen molar-refractivity contribution in [3.63, 3.8) is 0 Å². The summed E-state index contributed by atoms with van der Waals surface area (Å²) in [5.74, 6) is -6.79. The maximum absolute atomic E-state index is 15.1. The van der Waals surface area contributed by atoms with Crippen LogP contribution in [0.3, 0.4) is 0 Å². The number of benzene rings is 1. The molecule has 0 saturated heterocycles. The second-order valence-electron chi connectivity index (χ2n) is 5.46. The quantitative estimate of drug-likeness (QED) is 0.507. The number of anilines is 3. The minimum atomic E-state index is -1.64. The van der Waals surface area contributed by atoms with Gasteiger partial charge in [0.05, 0.1) is 5.69 Å². The Kier molecular flexibility index (Phi) is 6.37. The van der Waals surface area contributed by atoms with E-state index in [2.05, 4.69) is 27.5 Å². The van der Waals surface area contributed by atoms with Crippen LogP contribution in [0, 0.1) is 17.6 Å². The number of nitrogens with zero attached hydrogens (tertiary/aromatic N) is 3. The Morgan fingerprint density at radius 3 is 2.37 bits per heavy atom. The van der Waals surface area contributed by atoms with Crippen LogP contribution in [0.4, 0.5) is 30.4 Å². The van der Waals surface area contributed by atoms with Crippen molar-refractivity contribution in [2.75, 3.05) is 16.3 Å². The molecule has 5 nitrogen and oxygen atoms in total. The fraction of sp³-hybridized carbons (Fsp3) is 0.167. The van der Waals surface area contributed by atoms with Gasteiger partial charge in [0, 0.05) is 24.9 Å². The zero-order valence-electron chi connectivity index (χ0n) is 14.5. The Morgan fingerprint density at radius 2 is 1.85 bits per heavy atom. The lowest BCUT2D eigenvalue weighted by Crippen LogP contribution is -2.32. The number of hydrogen-bond acceptors (Lipinski definition) is 3. The molecule has 2 amide bonds. The van der Waals surface area contributed by atoms with Crippen LogP contribution in [0.5, 0.6) is 0 Å². The molecule has 9 heteroatoms. The van der Waals surface area contributed by atoms with Crippen molar-refractivity contribution in [2.24, 2.45) is 0 Å². The highest BCUT2D eigenvalue weighted by Crippen LogP contribution is 2.36. The van der Waals surface area contributed by atoms with Gasteiger partial charge >= 0.3 is 0 Å². The molecule has 0 unspecified atom stereocenters. The van der Waals surface area contributed by atoms with E-state index < -0.39 is 40.9 Å². The van der Waals surface area contributed by atoms with Crippen molar-refractivity contribution >= 4 is 44.9 Å². The molecular weight excluding hydrogens is 427 g/mol. The molecule has 1 aromatic heterocycles. The Morgan fingerprint density at radius 1 is 1.19 bits per heavy atom. The third kappa shape index (κ3) is 4.19. The molecule has 2 aromatic rings. The second kappa shape index (κ2) is 8.34. The van der Waals surface area contributed by atoms with Gasteiger partial charge in [-0.05, 0) is 18.2 Å². The maximum atomic E-state index is 15.1. The Labute approximate surface area is 162 Å². The van der Waals surface area contributed by atoms with E-state index in [0.29, 0.717) is 9.37 Å². The lowest BCUT2D eigenvalue weighted by atomic mass is 10.2. The van der Waals surface area contributed by atoms with E-state index in [1.807, 2.05) is 0 Å². The van der Waals surface area contributed by atoms with Crippen LogP contribution in [-0.2, 0) is 9.59 Å². The molecule has 0 aliphatic heterocycles. The summed E-state index contributed by atoms with van der Waals surface area (Å²) in [5, 5.41) is 0. The van der Waals surface area contributed by atoms with Gasteiger partial charge in [0.1, 0.15) is 5.69 Å². The lowest BCUT2D eigenvalue weighted by Gasteiger charge is -2.26. The van der Waals surface area contributed by atoms with Crippen LogP contribution < -0.4 is 9.80 Å². The monoisotopic (exact) mass is 441 g/mol. The first-order chi connectivity index (χ1) is 12.7. The molecule has 142 valence electrons. The van der Waals surface area contributed by atoms with Crippen LogP contribution in [0.15, 0.2) is 41.4 Å². The number of amides is 2. The van der Waals surface area contributed by atoms with Crippen LogP contribution in [0.1, 0.15) is 13.8 Å². The normalized spacial score (nSPS) is 10.4. The van der Waals surface area contributed by atoms with Crippen LogP contribution in [0.25, 0.3) is 0 Å². The van der Waals surface area contributed by atoms with E-state index in [0.717, 1.165) is 18.7 Å². The Balaban J connectivity index is 2.79. The molecule has 1 aromatic carbocycles. The molecule has 0 aliphatic carbocycles. The molecular formula is C18H15BrF3N3O2. The summed E-state index contributed by atoms with van der Waals surface area (Å²) in [6.07, 6.45) is 1.28. The summed E-state index contributed by atoms with van der Waals surface area (Å²) in [7, 11) is 0. The van der Waals surface area contributed by atoms with Crippen molar-refractivity contribution in [3.8, 4) is 0 Å². The average Bonchev–Trinajstić information content (AvgIpc) is 2.59. The first kappa shape index (κ1) is 20.6. The van der Waals surface area contributed by atoms with Crippen molar-refractivity contribution in [1.29, 1.82) is 0 Å². The minimum Gasteiger partial charge on any atom is -0.291 e. The van der Waals surface area contributed by atoms with Gasteiger partial charge in [-0.2, -0.15) is 13.8 Å². The van der Waals surface area contributed by atoms with Gasteiger partial charge in [0.2, 0.25) is 17.6 Å². The largest absolute Gasteiger partial charge is 0.291 e. The molecule has 27 heavy (non-hydrogen) atoms. The third-order valence-corrected chi connectivity index (χ3v) is 4.04. The number of carbonyl (C=O) groups excluding carboxylic acids is 2. The van der Waals surface area contributed by atoms with E-state index >= 15 is 4.39 Å². The number of pyridine rings is 1. The topological polar surface area (TPSA) is 53.5 Å². The fourth-order valence-electron chi connectivity index (χ4n) is 2.44. The predicted molar refractivity (Wildman–Crippen MR) is 99.3 cm³/mol. The highest BCUT2D eigenvalue weighted by atomic mass is 79.9. The van der Waals surface area contributed by atoms with Crippen LogP contribution >= 0.6 is 15.9 Å². The molecule has 1 heterocycles. The van der Waals surface area contributed by atoms with Crippen molar-refractivity contribution in [2.45, 2.75) is 13.8 Å². The van der Waals surface area contributed by atoms with Crippen LogP contribution in [0.2, 0.25) is 0 Å². The van der Waals surface area contributed by atoms with Gasteiger partial charge in [0.15, 0.2) is 11.6 Å². The molecule has 0 bridgehead atoms. The standard InChI is InChI=1S/C18H15BrF3N3O2/c1-4-8-24(10(2)26)18-15(21)16(14(20)17(22)23-18)25(11(3)27)13-7-5-6-12(19)9-13/h4-7,9H,1,8H2,2-3H3. The van der Waals surface area contributed by atoms with Gasteiger partial charge in [-0.1, -0.05) is 28.1 Å². The number of hydrogen-bond donors (Lipinski definition) is 0. The lowest BCUT2D eigenvalue weighted by molar-refractivity contribution is -0.117. The summed E-state index contributed by atoms with van der Waals surface area (Å²) in [6.45, 7) is 5.45. The van der Waals surface area contributed by atoms with Crippen molar-refractivity contribution in [3.05, 3.63) is 59.0 Å². The predicted octanol–water partition coefficient (Wildman–Crippen LogP) is 4.48. The molecule has 0 saturated carbocycles. The van der Waals surface area contributed by atoms with E-state index in [1.54, 1.807) is 12.1 Å². The number of carbonyl (C=O) groups is 2. The SMILES string of the molecule is C=CCN(C(C)=O)c1nc(F)c(F)c(N(C(C)=O)c2cccc(Br)c2)c1F. The van der Waals surface area contributed by atoms with Crippen LogP contribution in [-0.4, -0.2) is 23.3 Å². The number of aromatic nitrogens is 1. The van der Waals surface area contributed by atoms with Gasteiger partial charge < -0.3 is 0 Å². The minimum absolute atomic E-state index is 0.101. The third-order valence-electron chi connectivity index (χ3n) is 3.55. The first-order valence-corrected chi connectivity index (χ1v) is 8.48. The van der Waals surface area contributed by atoms with Gasteiger partial charge in [-0.25, -0.2) is 4.39 Å². The smallest absolute Gasteiger partial charge is 0.253 e. The molecule has 0 fully saturated rings. The second-order valence-corrected chi connectivity index (χ2v) is 6.37. The van der Waals surface area contributed by atoms with Crippen molar-refractivity contribution < 1.29 is 22.8 Å². The highest BCUT2D eigenvalue weighted by molar-refractivity contribution is 9.10. The molecule has 0 atom stereocenters. The Hall–Kier alpha value is -2.68. The molecule has 0 spiro atoms. The zero-order valence-corrected chi connectivity index (χ0v) is 16.1.